The first kappa shape index (κ1) is 17.8. The molecule has 4 nitrogen and oxygen atoms in total. The van der Waals surface area contributed by atoms with E-state index in [0.717, 1.165) is 48.4 Å². The number of H-pyrrole nitrogens is 1. The van der Waals surface area contributed by atoms with Crippen molar-refractivity contribution in [1.82, 2.24) is 14.9 Å². The first-order chi connectivity index (χ1) is 12.9. The van der Waals surface area contributed by atoms with E-state index in [2.05, 4.69) is 37.9 Å². The molecule has 4 heteroatoms. The fourth-order valence-electron chi connectivity index (χ4n) is 3.85. The second kappa shape index (κ2) is 6.84. The molecule has 1 N–H and O–H groups in total. The molecule has 140 valence electrons. The predicted octanol–water partition coefficient (Wildman–Crippen LogP) is 4.88. The maximum atomic E-state index is 13.0. The molecule has 1 fully saturated rings. The Bertz CT molecular complexity index is 917. The van der Waals surface area contributed by atoms with Gasteiger partial charge in [0.2, 0.25) is 0 Å². The second-order valence-electron chi connectivity index (χ2n) is 8.56. The average molecular weight is 361 g/mol. The molecule has 3 aromatic rings. The summed E-state index contributed by atoms with van der Waals surface area (Å²) in [5, 5.41) is 0. The molecule has 0 unspecified atom stereocenters. The van der Waals surface area contributed by atoms with Gasteiger partial charge in [-0.3, -0.25) is 4.79 Å². The monoisotopic (exact) mass is 361 g/mol. The van der Waals surface area contributed by atoms with Crippen LogP contribution in [0.15, 0.2) is 48.5 Å². The third-order valence-electron chi connectivity index (χ3n) is 5.50. The normalized spacial score (nSPS) is 18.0. The topological polar surface area (TPSA) is 49.0 Å². The van der Waals surface area contributed by atoms with E-state index in [1.807, 2.05) is 41.3 Å². The largest absolute Gasteiger partial charge is 0.342 e. The molecule has 27 heavy (non-hydrogen) atoms. The molecular weight excluding hydrogens is 334 g/mol. The summed E-state index contributed by atoms with van der Waals surface area (Å²) in [6.07, 6.45) is 2.07. The van der Waals surface area contributed by atoms with Crippen LogP contribution in [0.4, 0.5) is 0 Å². The summed E-state index contributed by atoms with van der Waals surface area (Å²) < 4.78 is 0. The molecule has 1 amide bonds. The zero-order valence-corrected chi connectivity index (χ0v) is 16.3. The van der Waals surface area contributed by atoms with Crippen LogP contribution in [0.25, 0.3) is 11.0 Å². The molecule has 0 bridgehead atoms. The zero-order chi connectivity index (χ0) is 19.0. The van der Waals surface area contributed by atoms with Crippen molar-refractivity contribution in [2.45, 2.75) is 44.9 Å². The van der Waals surface area contributed by atoms with Gasteiger partial charge in [-0.25, -0.2) is 4.98 Å². The first-order valence-corrected chi connectivity index (χ1v) is 9.76. The van der Waals surface area contributed by atoms with E-state index in [4.69, 9.17) is 4.98 Å². The number of hydrogen-bond acceptors (Lipinski definition) is 2. The Balaban J connectivity index is 1.51. The standard InChI is InChI=1S/C23H27N3O/c1-23(2,3)18-12-10-16(11-13-18)22(27)26-14-6-7-17(15-26)21-24-19-8-4-5-9-20(19)25-21/h4-5,8-13,17H,6-7,14-15H2,1-3H3,(H,24,25)/t17-/m0/s1. The molecule has 2 heterocycles. The van der Waals surface area contributed by atoms with Crippen molar-refractivity contribution in [2.24, 2.45) is 0 Å². The number of benzene rings is 2. The molecule has 1 aliphatic rings. The van der Waals surface area contributed by atoms with Crippen LogP contribution in [0.1, 0.15) is 61.3 Å². The number of aromatic nitrogens is 2. The van der Waals surface area contributed by atoms with Gasteiger partial charge in [0.1, 0.15) is 5.82 Å². The Morgan fingerprint density at radius 2 is 1.85 bits per heavy atom. The van der Waals surface area contributed by atoms with Crippen molar-refractivity contribution in [3.8, 4) is 0 Å². The highest BCUT2D eigenvalue weighted by atomic mass is 16.2. The highest BCUT2D eigenvalue weighted by molar-refractivity contribution is 5.94. The number of para-hydroxylation sites is 2. The third kappa shape index (κ3) is 3.61. The van der Waals surface area contributed by atoms with Crippen molar-refractivity contribution < 1.29 is 4.79 Å². The minimum Gasteiger partial charge on any atom is -0.342 e. The van der Waals surface area contributed by atoms with Crippen molar-refractivity contribution in [2.75, 3.05) is 13.1 Å². The molecule has 1 saturated heterocycles. The van der Waals surface area contributed by atoms with Crippen molar-refractivity contribution >= 4 is 16.9 Å². The van der Waals surface area contributed by atoms with Crippen LogP contribution in [-0.4, -0.2) is 33.9 Å². The first-order valence-electron chi connectivity index (χ1n) is 9.76. The van der Waals surface area contributed by atoms with Gasteiger partial charge in [0, 0.05) is 24.6 Å². The van der Waals surface area contributed by atoms with Crippen LogP contribution in [0.3, 0.4) is 0 Å². The molecule has 1 aromatic heterocycles. The van der Waals surface area contributed by atoms with Gasteiger partial charge in [-0.05, 0) is 48.1 Å². The van der Waals surface area contributed by atoms with Gasteiger partial charge in [-0.15, -0.1) is 0 Å². The predicted molar refractivity (Wildman–Crippen MR) is 109 cm³/mol. The van der Waals surface area contributed by atoms with E-state index in [9.17, 15) is 4.79 Å². The summed E-state index contributed by atoms with van der Waals surface area (Å²) in [7, 11) is 0. The number of likely N-dealkylation sites (tertiary alicyclic amines) is 1. The molecule has 2 aromatic carbocycles. The summed E-state index contributed by atoms with van der Waals surface area (Å²) in [6, 6.07) is 16.2. The molecule has 0 saturated carbocycles. The molecule has 0 radical (unpaired) electrons. The number of piperidine rings is 1. The Hall–Kier alpha value is -2.62. The number of carbonyl (C=O) groups excluding carboxylic acids is 1. The van der Waals surface area contributed by atoms with E-state index in [0.29, 0.717) is 0 Å². The number of carbonyl (C=O) groups is 1. The third-order valence-corrected chi connectivity index (χ3v) is 5.50. The summed E-state index contributed by atoms with van der Waals surface area (Å²) >= 11 is 0. The quantitative estimate of drug-likeness (QED) is 0.707. The van der Waals surface area contributed by atoms with Crippen LogP contribution >= 0.6 is 0 Å². The van der Waals surface area contributed by atoms with Gasteiger partial charge in [0.05, 0.1) is 11.0 Å². The number of rotatable bonds is 2. The molecule has 0 spiro atoms. The smallest absolute Gasteiger partial charge is 0.253 e. The maximum Gasteiger partial charge on any atom is 0.253 e. The summed E-state index contributed by atoms with van der Waals surface area (Å²) in [5.74, 6) is 1.39. The lowest BCUT2D eigenvalue weighted by Crippen LogP contribution is -2.39. The number of nitrogens with zero attached hydrogens (tertiary/aromatic N) is 2. The fourth-order valence-corrected chi connectivity index (χ4v) is 3.85. The van der Waals surface area contributed by atoms with E-state index in [1.54, 1.807) is 0 Å². The Labute approximate surface area is 160 Å². The van der Waals surface area contributed by atoms with Crippen LogP contribution in [-0.2, 0) is 5.41 Å². The second-order valence-corrected chi connectivity index (χ2v) is 8.56. The van der Waals surface area contributed by atoms with Gasteiger partial charge in [0.25, 0.3) is 5.91 Å². The van der Waals surface area contributed by atoms with E-state index in [-0.39, 0.29) is 17.2 Å². The van der Waals surface area contributed by atoms with Gasteiger partial charge in [-0.1, -0.05) is 45.0 Å². The SMILES string of the molecule is CC(C)(C)c1ccc(C(=O)N2CCC[C@H](c3nc4ccccc4[nH]3)C2)cc1. The number of fused-ring (bicyclic) bond motifs is 1. The van der Waals surface area contributed by atoms with Gasteiger partial charge >= 0.3 is 0 Å². The minimum absolute atomic E-state index is 0.0963. The minimum atomic E-state index is 0.0963. The molecule has 4 rings (SSSR count). The van der Waals surface area contributed by atoms with E-state index >= 15 is 0 Å². The van der Waals surface area contributed by atoms with Crippen LogP contribution < -0.4 is 0 Å². The highest BCUT2D eigenvalue weighted by Gasteiger charge is 2.27. The fraction of sp³-hybridized carbons (Fsp3) is 0.391. The zero-order valence-electron chi connectivity index (χ0n) is 16.3. The lowest BCUT2D eigenvalue weighted by atomic mass is 9.86. The summed E-state index contributed by atoms with van der Waals surface area (Å²) in [4.78, 5) is 23.2. The number of imidazole rings is 1. The van der Waals surface area contributed by atoms with E-state index < -0.39 is 0 Å². The number of hydrogen-bond donors (Lipinski definition) is 1. The molecule has 1 aliphatic heterocycles. The van der Waals surface area contributed by atoms with E-state index in [1.165, 1.54) is 5.56 Å². The summed E-state index contributed by atoms with van der Waals surface area (Å²) in [5.41, 5.74) is 4.17. The van der Waals surface area contributed by atoms with Crippen molar-refractivity contribution in [1.29, 1.82) is 0 Å². The Morgan fingerprint density at radius 3 is 2.56 bits per heavy atom. The highest BCUT2D eigenvalue weighted by Crippen LogP contribution is 2.28. The Kier molecular flexibility index (Phi) is 4.50. The lowest BCUT2D eigenvalue weighted by molar-refractivity contribution is 0.0705. The van der Waals surface area contributed by atoms with Crippen molar-refractivity contribution in [3.05, 3.63) is 65.5 Å². The van der Waals surface area contributed by atoms with Crippen LogP contribution in [0.2, 0.25) is 0 Å². The number of nitrogens with one attached hydrogen (secondary N) is 1. The molecular formula is C23H27N3O. The number of aromatic amines is 1. The van der Waals surface area contributed by atoms with Gasteiger partial charge < -0.3 is 9.88 Å². The molecule has 0 aliphatic carbocycles. The average Bonchev–Trinajstić information content (AvgIpc) is 3.11. The van der Waals surface area contributed by atoms with Crippen LogP contribution in [0, 0.1) is 0 Å². The van der Waals surface area contributed by atoms with Crippen LogP contribution in [0.5, 0.6) is 0 Å². The van der Waals surface area contributed by atoms with Gasteiger partial charge in [-0.2, -0.15) is 0 Å². The Morgan fingerprint density at radius 1 is 1.11 bits per heavy atom. The number of amides is 1. The van der Waals surface area contributed by atoms with Gasteiger partial charge in [0.15, 0.2) is 0 Å². The maximum absolute atomic E-state index is 13.0. The lowest BCUT2D eigenvalue weighted by Gasteiger charge is -2.32. The molecule has 1 atom stereocenters. The van der Waals surface area contributed by atoms with Crippen molar-refractivity contribution in [3.63, 3.8) is 0 Å². The summed E-state index contributed by atoms with van der Waals surface area (Å²) in [6.45, 7) is 8.10.